The Labute approximate surface area is 132 Å². The van der Waals surface area contributed by atoms with Gasteiger partial charge in [0.25, 0.3) is 0 Å². The summed E-state index contributed by atoms with van der Waals surface area (Å²) < 4.78 is 2.11. The first-order chi connectivity index (χ1) is 10.2. The van der Waals surface area contributed by atoms with Crippen LogP contribution in [-0.4, -0.2) is 16.3 Å². The van der Waals surface area contributed by atoms with Crippen molar-refractivity contribution in [2.24, 2.45) is 0 Å². The van der Waals surface area contributed by atoms with Gasteiger partial charge in [0, 0.05) is 29.7 Å². The van der Waals surface area contributed by atoms with Gasteiger partial charge in [-0.3, -0.25) is 4.68 Å². The van der Waals surface area contributed by atoms with Crippen molar-refractivity contribution >= 4 is 11.6 Å². The molecule has 3 nitrogen and oxygen atoms in total. The van der Waals surface area contributed by atoms with E-state index in [0.717, 1.165) is 31.0 Å². The number of nitrogens with zero attached hydrogens (tertiary/aromatic N) is 2. The van der Waals surface area contributed by atoms with Crippen LogP contribution in [0.25, 0.3) is 0 Å². The number of nitrogens with one attached hydrogen (secondary N) is 1. The SMILES string of the molecule is CCNC(Cc1cc(CC)nn1CC)c1ccc(Cl)cc1. The standard InChI is InChI=1S/C17H24ClN3/c1-4-15-11-16(21(6-3)20-15)12-17(19-5-2)13-7-9-14(18)10-8-13/h7-11,17,19H,4-6,12H2,1-3H3. The van der Waals surface area contributed by atoms with Crippen LogP contribution in [0.1, 0.15) is 43.8 Å². The fourth-order valence-electron chi connectivity index (χ4n) is 2.58. The van der Waals surface area contributed by atoms with Gasteiger partial charge in [-0.2, -0.15) is 5.10 Å². The Morgan fingerprint density at radius 1 is 1.19 bits per heavy atom. The number of likely N-dealkylation sites (N-methyl/N-ethyl adjacent to an activating group) is 1. The zero-order valence-electron chi connectivity index (χ0n) is 13.1. The fraction of sp³-hybridized carbons (Fsp3) is 0.471. The van der Waals surface area contributed by atoms with E-state index in [1.165, 1.54) is 17.0 Å². The van der Waals surface area contributed by atoms with Crippen LogP contribution >= 0.6 is 11.6 Å². The fourth-order valence-corrected chi connectivity index (χ4v) is 2.71. The predicted octanol–water partition coefficient (Wildman–Crippen LogP) is 4.01. The van der Waals surface area contributed by atoms with Crippen molar-refractivity contribution in [2.75, 3.05) is 6.54 Å². The van der Waals surface area contributed by atoms with Crippen LogP contribution in [0.2, 0.25) is 5.02 Å². The van der Waals surface area contributed by atoms with Crippen molar-refractivity contribution in [2.45, 2.75) is 46.2 Å². The topological polar surface area (TPSA) is 29.9 Å². The molecule has 1 heterocycles. The molecule has 0 saturated heterocycles. The number of rotatable bonds is 7. The molecule has 2 aromatic rings. The first-order valence-electron chi connectivity index (χ1n) is 7.72. The number of aromatic nitrogens is 2. The minimum Gasteiger partial charge on any atom is -0.310 e. The van der Waals surface area contributed by atoms with Gasteiger partial charge in [-0.15, -0.1) is 0 Å². The van der Waals surface area contributed by atoms with Crippen molar-refractivity contribution < 1.29 is 0 Å². The van der Waals surface area contributed by atoms with Crippen LogP contribution in [0.3, 0.4) is 0 Å². The molecule has 0 radical (unpaired) electrons. The second kappa shape index (κ2) is 7.62. The lowest BCUT2D eigenvalue weighted by molar-refractivity contribution is 0.516. The van der Waals surface area contributed by atoms with Gasteiger partial charge in [-0.25, -0.2) is 0 Å². The van der Waals surface area contributed by atoms with E-state index in [0.29, 0.717) is 6.04 Å². The Morgan fingerprint density at radius 3 is 2.48 bits per heavy atom. The summed E-state index contributed by atoms with van der Waals surface area (Å²) in [5.41, 5.74) is 3.72. The minimum atomic E-state index is 0.291. The van der Waals surface area contributed by atoms with E-state index in [1.807, 2.05) is 12.1 Å². The van der Waals surface area contributed by atoms with Gasteiger partial charge in [-0.05, 0) is 43.7 Å². The molecule has 0 saturated carbocycles. The highest BCUT2D eigenvalue weighted by Gasteiger charge is 2.15. The zero-order valence-corrected chi connectivity index (χ0v) is 13.8. The average Bonchev–Trinajstić information content (AvgIpc) is 2.90. The summed E-state index contributed by atoms with van der Waals surface area (Å²) in [5.74, 6) is 0. The van der Waals surface area contributed by atoms with Crippen molar-refractivity contribution in [1.29, 1.82) is 0 Å². The van der Waals surface area contributed by atoms with Gasteiger partial charge in [0.15, 0.2) is 0 Å². The van der Waals surface area contributed by atoms with Gasteiger partial charge in [0.2, 0.25) is 0 Å². The molecule has 1 aromatic heterocycles. The molecular formula is C17H24ClN3. The van der Waals surface area contributed by atoms with Crippen molar-refractivity contribution in [3.63, 3.8) is 0 Å². The Morgan fingerprint density at radius 2 is 1.90 bits per heavy atom. The smallest absolute Gasteiger partial charge is 0.0624 e. The third kappa shape index (κ3) is 4.08. The second-order valence-electron chi connectivity index (χ2n) is 5.16. The van der Waals surface area contributed by atoms with Crippen LogP contribution in [-0.2, 0) is 19.4 Å². The zero-order chi connectivity index (χ0) is 15.2. The average molecular weight is 306 g/mol. The van der Waals surface area contributed by atoms with Gasteiger partial charge in [0.05, 0.1) is 5.69 Å². The summed E-state index contributed by atoms with van der Waals surface area (Å²) in [6, 6.07) is 10.6. The summed E-state index contributed by atoms with van der Waals surface area (Å²) >= 11 is 5.99. The highest BCUT2D eigenvalue weighted by atomic mass is 35.5. The molecule has 114 valence electrons. The van der Waals surface area contributed by atoms with Crippen LogP contribution in [0, 0.1) is 0 Å². The van der Waals surface area contributed by atoms with Crippen molar-refractivity contribution in [1.82, 2.24) is 15.1 Å². The van der Waals surface area contributed by atoms with E-state index in [1.54, 1.807) is 0 Å². The predicted molar refractivity (Wildman–Crippen MR) is 88.9 cm³/mol. The third-order valence-electron chi connectivity index (χ3n) is 3.71. The maximum Gasteiger partial charge on any atom is 0.0624 e. The maximum absolute atomic E-state index is 5.99. The monoisotopic (exact) mass is 305 g/mol. The number of benzene rings is 1. The molecular weight excluding hydrogens is 282 g/mol. The lowest BCUT2D eigenvalue weighted by Gasteiger charge is -2.19. The Kier molecular flexibility index (Phi) is 5.83. The Bertz CT molecular complexity index is 560. The molecule has 1 atom stereocenters. The van der Waals surface area contributed by atoms with E-state index in [2.05, 4.69) is 54.1 Å². The summed E-state index contributed by atoms with van der Waals surface area (Å²) in [4.78, 5) is 0. The summed E-state index contributed by atoms with van der Waals surface area (Å²) in [7, 11) is 0. The molecule has 0 aliphatic carbocycles. The molecule has 1 unspecified atom stereocenters. The molecule has 0 aliphatic heterocycles. The van der Waals surface area contributed by atoms with Gasteiger partial charge in [-0.1, -0.05) is 37.6 Å². The molecule has 4 heteroatoms. The molecule has 0 amide bonds. The number of halogens is 1. The quantitative estimate of drug-likeness (QED) is 0.837. The minimum absolute atomic E-state index is 0.291. The molecule has 0 aliphatic rings. The van der Waals surface area contributed by atoms with Gasteiger partial charge < -0.3 is 5.32 Å². The largest absolute Gasteiger partial charge is 0.310 e. The van der Waals surface area contributed by atoms with Crippen LogP contribution in [0.5, 0.6) is 0 Å². The van der Waals surface area contributed by atoms with E-state index < -0.39 is 0 Å². The maximum atomic E-state index is 5.99. The molecule has 0 spiro atoms. The van der Waals surface area contributed by atoms with Crippen molar-refractivity contribution in [3.05, 3.63) is 52.3 Å². The molecule has 0 bridgehead atoms. The Hall–Kier alpha value is -1.32. The third-order valence-corrected chi connectivity index (χ3v) is 3.96. The molecule has 2 rings (SSSR count). The second-order valence-corrected chi connectivity index (χ2v) is 5.60. The summed E-state index contributed by atoms with van der Waals surface area (Å²) in [5, 5.41) is 8.98. The first-order valence-corrected chi connectivity index (χ1v) is 8.10. The molecule has 21 heavy (non-hydrogen) atoms. The Balaban J connectivity index is 2.23. The molecule has 1 N–H and O–H groups in total. The van der Waals surface area contributed by atoms with E-state index in [-0.39, 0.29) is 0 Å². The van der Waals surface area contributed by atoms with E-state index in [9.17, 15) is 0 Å². The number of hydrogen-bond acceptors (Lipinski definition) is 2. The van der Waals surface area contributed by atoms with Gasteiger partial charge in [0.1, 0.15) is 0 Å². The van der Waals surface area contributed by atoms with Crippen molar-refractivity contribution in [3.8, 4) is 0 Å². The summed E-state index contributed by atoms with van der Waals surface area (Å²) in [6.45, 7) is 8.27. The first kappa shape index (κ1) is 16.1. The summed E-state index contributed by atoms with van der Waals surface area (Å²) in [6.07, 6.45) is 1.92. The molecule has 0 fully saturated rings. The lowest BCUT2D eigenvalue weighted by Crippen LogP contribution is -2.24. The van der Waals surface area contributed by atoms with Crippen LogP contribution < -0.4 is 5.32 Å². The van der Waals surface area contributed by atoms with Crippen LogP contribution in [0.15, 0.2) is 30.3 Å². The molecule has 1 aromatic carbocycles. The highest BCUT2D eigenvalue weighted by molar-refractivity contribution is 6.30. The normalized spacial score (nSPS) is 12.6. The van der Waals surface area contributed by atoms with Gasteiger partial charge >= 0.3 is 0 Å². The highest BCUT2D eigenvalue weighted by Crippen LogP contribution is 2.21. The number of hydrogen-bond donors (Lipinski definition) is 1. The van der Waals surface area contributed by atoms with E-state index >= 15 is 0 Å². The van der Waals surface area contributed by atoms with E-state index in [4.69, 9.17) is 11.6 Å². The lowest BCUT2D eigenvalue weighted by atomic mass is 10.0. The van der Waals surface area contributed by atoms with Crippen LogP contribution in [0.4, 0.5) is 0 Å². The number of aryl methyl sites for hydroxylation is 2.